The average Bonchev–Trinajstić information content (AvgIpc) is 2.87. The van der Waals surface area contributed by atoms with E-state index in [0.29, 0.717) is 0 Å². The quantitative estimate of drug-likeness (QED) is 0.209. The standard InChI is InChI=1S/C32H28N2/c1-3-13-31-15-16-32(14-4-2,26-18-22-10-6-5-9-21(22)17-25(26)31)30-29(31)33-27-19-23-11-7-8-12-24(23)20-28(27)34-30/h5-12,15-20H,3-4,13-14H2,1-2H3/t31-,32+. The van der Waals surface area contributed by atoms with Crippen LogP contribution in [0.3, 0.4) is 0 Å². The second-order valence-corrected chi connectivity index (χ2v) is 10.1. The minimum Gasteiger partial charge on any atom is -0.248 e. The molecule has 0 aliphatic heterocycles. The van der Waals surface area contributed by atoms with E-state index in [2.05, 4.69) is 98.8 Å². The van der Waals surface area contributed by atoms with Crippen LogP contribution in [0.4, 0.5) is 0 Å². The number of hydrogen-bond donors (Lipinski definition) is 0. The van der Waals surface area contributed by atoms with Crippen molar-refractivity contribution in [3.05, 3.63) is 107 Å². The number of nitrogens with zero attached hydrogens (tertiary/aromatic N) is 2. The molecule has 0 spiro atoms. The monoisotopic (exact) mass is 440 g/mol. The molecule has 2 heteroatoms. The van der Waals surface area contributed by atoms with Crippen molar-refractivity contribution >= 4 is 32.6 Å². The second-order valence-electron chi connectivity index (χ2n) is 10.1. The van der Waals surface area contributed by atoms with Gasteiger partial charge in [0.2, 0.25) is 0 Å². The van der Waals surface area contributed by atoms with Crippen LogP contribution in [-0.2, 0) is 10.8 Å². The van der Waals surface area contributed by atoms with Gasteiger partial charge < -0.3 is 0 Å². The minimum absolute atomic E-state index is 0.216. The van der Waals surface area contributed by atoms with Crippen LogP contribution in [0, 0.1) is 0 Å². The molecule has 1 aromatic heterocycles. The zero-order valence-corrected chi connectivity index (χ0v) is 19.8. The molecule has 0 saturated heterocycles. The van der Waals surface area contributed by atoms with Crippen LogP contribution in [0.25, 0.3) is 32.6 Å². The van der Waals surface area contributed by atoms with Crippen LogP contribution < -0.4 is 0 Å². The molecule has 0 fully saturated rings. The molecule has 166 valence electrons. The first-order valence-electron chi connectivity index (χ1n) is 12.6. The lowest BCUT2D eigenvalue weighted by Gasteiger charge is -2.50. The third-order valence-corrected chi connectivity index (χ3v) is 8.16. The molecule has 0 saturated carbocycles. The van der Waals surface area contributed by atoms with Crippen LogP contribution in [0.5, 0.6) is 0 Å². The van der Waals surface area contributed by atoms with Gasteiger partial charge in [0.25, 0.3) is 0 Å². The Bertz CT molecular complexity index is 1530. The Balaban J connectivity index is 1.62. The number of rotatable bonds is 4. The molecule has 4 aromatic carbocycles. The number of aromatic nitrogens is 2. The zero-order valence-electron chi connectivity index (χ0n) is 19.8. The van der Waals surface area contributed by atoms with Crippen molar-refractivity contribution in [1.82, 2.24) is 9.97 Å². The lowest BCUT2D eigenvalue weighted by atomic mass is 9.53. The molecule has 2 bridgehead atoms. The second kappa shape index (κ2) is 6.99. The summed E-state index contributed by atoms with van der Waals surface area (Å²) in [6.45, 7) is 4.57. The van der Waals surface area contributed by atoms with Crippen molar-refractivity contribution in [1.29, 1.82) is 0 Å². The summed E-state index contributed by atoms with van der Waals surface area (Å²) in [5.74, 6) is 0. The highest BCUT2D eigenvalue weighted by atomic mass is 14.9. The summed E-state index contributed by atoms with van der Waals surface area (Å²) in [4.78, 5) is 10.9. The fraction of sp³-hybridized carbons (Fsp3) is 0.250. The smallest absolute Gasteiger partial charge is 0.0897 e. The Kier molecular flexibility index (Phi) is 4.09. The van der Waals surface area contributed by atoms with Gasteiger partial charge in [-0.2, -0.15) is 0 Å². The van der Waals surface area contributed by atoms with Crippen LogP contribution >= 0.6 is 0 Å². The molecule has 0 amide bonds. The number of hydrogen-bond acceptors (Lipinski definition) is 2. The first-order valence-corrected chi connectivity index (χ1v) is 12.6. The lowest BCUT2D eigenvalue weighted by Crippen LogP contribution is -2.47. The molecular weight excluding hydrogens is 412 g/mol. The first-order chi connectivity index (χ1) is 16.7. The molecule has 2 atom stereocenters. The van der Waals surface area contributed by atoms with Gasteiger partial charge in [0.1, 0.15) is 0 Å². The van der Waals surface area contributed by atoms with Gasteiger partial charge in [-0.1, -0.05) is 87.4 Å². The maximum atomic E-state index is 5.43. The molecule has 34 heavy (non-hydrogen) atoms. The molecule has 0 unspecified atom stereocenters. The van der Waals surface area contributed by atoms with Crippen molar-refractivity contribution in [2.75, 3.05) is 0 Å². The van der Waals surface area contributed by atoms with E-state index >= 15 is 0 Å². The summed E-state index contributed by atoms with van der Waals surface area (Å²) in [6.07, 6.45) is 9.22. The van der Waals surface area contributed by atoms with E-state index in [1.807, 2.05) is 0 Å². The Hall–Kier alpha value is -3.52. The predicted octanol–water partition coefficient (Wildman–Crippen LogP) is 7.99. The number of allylic oxidation sites excluding steroid dienone is 2. The van der Waals surface area contributed by atoms with Gasteiger partial charge in [0.05, 0.1) is 33.3 Å². The molecule has 8 rings (SSSR count). The topological polar surface area (TPSA) is 25.8 Å². The van der Waals surface area contributed by atoms with Gasteiger partial charge in [0.15, 0.2) is 0 Å². The predicted molar refractivity (Wildman–Crippen MR) is 142 cm³/mol. The summed E-state index contributed by atoms with van der Waals surface area (Å²) in [7, 11) is 0. The van der Waals surface area contributed by atoms with Crippen molar-refractivity contribution in [3.8, 4) is 0 Å². The summed E-state index contributed by atoms with van der Waals surface area (Å²) in [5.41, 5.74) is 6.80. The average molecular weight is 441 g/mol. The SMILES string of the molecule is CCC[C@@]12C=C[C@@](CCC)(c3cc4ccccc4cc31)c1nc3cc4ccccc4cc3nc12. The Morgan fingerprint density at radius 1 is 0.559 bits per heavy atom. The van der Waals surface area contributed by atoms with Crippen LogP contribution in [-0.4, -0.2) is 9.97 Å². The summed E-state index contributed by atoms with van der Waals surface area (Å²) < 4.78 is 0. The number of benzene rings is 4. The normalized spacial score (nSPS) is 22.4. The maximum Gasteiger partial charge on any atom is 0.0897 e. The van der Waals surface area contributed by atoms with E-state index in [9.17, 15) is 0 Å². The summed E-state index contributed by atoms with van der Waals surface area (Å²) >= 11 is 0. The molecule has 0 N–H and O–H groups in total. The zero-order chi connectivity index (χ0) is 22.9. The van der Waals surface area contributed by atoms with Crippen LogP contribution in [0.1, 0.15) is 62.0 Å². The third kappa shape index (κ3) is 2.46. The summed E-state index contributed by atoms with van der Waals surface area (Å²) in [5, 5.41) is 5.07. The van der Waals surface area contributed by atoms with Gasteiger partial charge in [-0.05, 0) is 69.8 Å². The third-order valence-electron chi connectivity index (χ3n) is 8.16. The van der Waals surface area contributed by atoms with Crippen LogP contribution in [0.15, 0.2) is 84.9 Å². The van der Waals surface area contributed by atoms with E-state index in [1.54, 1.807) is 0 Å². The molecule has 3 aliphatic carbocycles. The summed E-state index contributed by atoms with van der Waals surface area (Å²) in [6, 6.07) is 26.6. The lowest BCUT2D eigenvalue weighted by molar-refractivity contribution is 0.427. The van der Waals surface area contributed by atoms with E-state index in [0.717, 1.165) is 36.7 Å². The van der Waals surface area contributed by atoms with Gasteiger partial charge in [0, 0.05) is 0 Å². The first kappa shape index (κ1) is 19.9. The van der Waals surface area contributed by atoms with E-state index in [1.165, 1.54) is 44.1 Å². The fourth-order valence-electron chi connectivity index (χ4n) is 6.68. The van der Waals surface area contributed by atoms with Crippen molar-refractivity contribution in [2.24, 2.45) is 0 Å². The van der Waals surface area contributed by atoms with E-state index < -0.39 is 0 Å². The molecule has 1 heterocycles. The molecule has 5 aromatic rings. The highest BCUT2D eigenvalue weighted by molar-refractivity contribution is 5.95. The Morgan fingerprint density at radius 2 is 0.941 bits per heavy atom. The fourth-order valence-corrected chi connectivity index (χ4v) is 6.68. The molecule has 0 radical (unpaired) electrons. The van der Waals surface area contributed by atoms with Crippen LogP contribution in [0.2, 0.25) is 0 Å². The van der Waals surface area contributed by atoms with Crippen molar-refractivity contribution < 1.29 is 0 Å². The largest absolute Gasteiger partial charge is 0.248 e. The van der Waals surface area contributed by atoms with Crippen molar-refractivity contribution in [3.63, 3.8) is 0 Å². The van der Waals surface area contributed by atoms with Crippen molar-refractivity contribution in [2.45, 2.75) is 50.4 Å². The van der Waals surface area contributed by atoms with E-state index in [-0.39, 0.29) is 10.8 Å². The van der Waals surface area contributed by atoms with Gasteiger partial charge in [-0.25, -0.2) is 9.97 Å². The van der Waals surface area contributed by atoms with Gasteiger partial charge in [-0.3, -0.25) is 0 Å². The molecule has 3 aliphatic rings. The van der Waals surface area contributed by atoms with Gasteiger partial charge in [-0.15, -0.1) is 0 Å². The highest BCUT2D eigenvalue weighted by Crippen LogP contribution is 2.58. The molecule has 2 nitrogen and oxygen atoms in total. The van der Waals surface area contributed by atoms with E-state index in [4.69, 9.17) is 9.97 Å². The maximum absolute atomic E-state index is 5.43. The Labute approximate surface area is 200 Å². The van der Waals surface area contributed by atoms with Gasteiger partial charge >= 0.3 is 0 Å². The number of fused-ring (bicyclic) bond motifs is 3. The molecular formula is C32H28N2. The minimum atomic E-state index is -0.216. The highest BCUT2D eigenvalue weighted by Gasteiger charge is 2.54. The Morgan fingerprint density at radius 3 is 1.32 bits per heavy atom.